The molecule has 0 amide bonds. The van der Waals surface area contributed by atoms with Gasteiger partial charge in [-0.25, -0.2) is 13.8 Å². The number of benzene rings is 2. The van der Waals surface area contributed by atoms with Crippen molar-refractivity contribution in [2.75, 3.05) is 0 Å². The summed E-state index contributed by atoms with van der Waals surface area (Å²) in [5.41, 5.74) is 1.78. The highest BCUT2D eigenvalue weighted by molar-refractivity contribution is 5.59. The van der Waals surface area contributed by atoms with Gasteiger partial charge in [0.05, 0.1) is 12.0 Å². The number of nitrogens with zero attached hydrogens (tertiary/aromatic N) is 2. The first-order chi connectivity index (χ1) is 10.1. The van der Waals surface area contributed by atoms with Crippen LogP contribution < -0.4 is 4.74 Å². The van der Waals surface area contributed by atoms with E-state index in [-0.39, 0.29) is 5.75 Å². The van der Waals surface area contributed by atoms with Crippen molar-refractivity contribution in [2.24, 2.45) is 7.05 Å². The molecular weight excluding hydrogens is 274 g/mol. The number of ether oxygens (including phenoxy) is 1. The third-order valence-electron chi connectivity index (χ3n) is 2.98. The summed E-state index contributed by atoms with van der Waals surface area (Å²) in [6.07, 6.45) is 3.61. The number of aromatic nitrogens is 2. The van der Waals surface area contributed by atoms with E-state index in [9.17, 15) is 8.78 Å². The van der Waals surface area contributed by atoms with E-state index in [2.05, 4.69) is 4.98 Å². The van der Waals surface area contributed by atoms with Gasteiger partial charge >= 0.3 is 0 Å². The van der Waals surface area contributed by atoms with Crippen molar-refractivity contribution in [3.8, 4) is 22.8 Å². The summed E-state index contributed by atoms with van der Waals surface area (Å²) in [5, 5.41) is 0. The van der Waals surface area contributed by atoms with Crippen LogP contribution in [0.15, 0.2) is 55.0 Å². The molecule has 0 N–H and O–H groups in total. The van der Waals surface area contributed by atoms with Gasteiger partial charge in [-0.1, -0.05) is 0 Å². The molecule has 3 aromatic rings. The van der Waals surface area contributed by atoms with Crippen molar-refractivity contribution in [1.82, 2.24) is 9.55 Å². The lowest BCUT2D eigenvalue weighted by Crippen LogP contribution is -1.89. The van der Waals surface area contributed by atoms with E-state index in [0.29, 0.717) is 5.75 Å². The Kier molecular flexibility index (Phi) is 3.39. The second kappa shape index (κ2) is 5.36. The van der Waals surface area contributed by atoms with Gasteiger partial charge in [0.25, 0.3) is 0 Å². The Labute approximate surface area is 120 Å². The van der Waals surface area contributed by atoms with Crippen molar-refractivity contribution in [2.45, 2.75) is 0 Å². The Bertz CT molecular complexity index is 766. The Morgan fingerprint density at radius 1 is 1.05 bits per heavy atom. The monoisotopic (exact) mass is 286 g/mol. The van der Waals surface area contributed by atoms with Crippen molar-refractivity contribution < 1.29 is 13.5 Å². The van der Waals surface area contributed by atoms with Gasteiger partial charge in [-0.3, -0.25) is 0 Å². The molecule has 5 heteroatoms. The third-order valence-corrected chi connectivity index (χ3v) is 2.98. The zero-order valence-electron chi connectivity index (χ0n) is 11.3. The molecule has 0 saturated heterocycles. The Morgan fingerprint density at radius 2 is 1.81 bits per heavy atom. The van der Waals surface area contributed by atoms with Crippen LogP contribution in [0, 0.1) is 11.6 Å². The Hall–Kier alpha value is -2.69. The topological polar surface area (TPSA) is 27.1 Å². The van der Waals surface area contributed by atoms with Crippen LogP contribution in [0.2, 0.25) is 0 Å². The fraction of sp³-hybridized carbons (Fsp3) is 0.0625. The lowest BCUT2D eigenvalue weighted by atomic mass is 10.1. The Morgan fingerprint density at radius 3 is 2.43 bits per heavy atom. The quantitative estimate of drug-likeness (QED) is 0.723. The number of rotatable bonds is 3. The first-order valence-corrected chi connectivity index (χ1v) is 6.33. The van der Waals surface area contributed by atoms with Crippen LogP contribution in [0.5, 0.6) is 11.5 Å². The van der Waals surface area contributed by atoms with Gasteiger partial charge in [0.15, 0.2) is 11.6 Å². The van der Waals surface area contributed by atoms with Crippen molar-refractivity contribution >= 4 is 0 Å². The number of imidazole rings is 1. The summed E-state index contributed by atoms with van der Waals surface area (Å²) in [7, 11) is 1.89. The molecule has 0 aliphatic carbocycles. The summed E-state index contributed by atoms with van der Waals surface area (Å²) in [5.74, 6) is -0.906. The van der Waals surface area contributed by atoms with Gasteiger partial charge in [-0.05, 0) is 36.4 Å². The molecule has 0 fully saturated rings. The molecule has 0 aliphatic rings. The standard InChI is InChI=1S/C16H12F2N2O/c1-20-9-15(19-10-20)11-2-5-13(6-3-11)21-16-7-4-12(17)8-14(16)18/h2-10H,1H3. The van der Waals surface area contributed by atoms with E-state index in [4.69, 9.17) is 4.74 Å². The van der Waals surface area contributed by atoms with E-state index in [1.165, 1.54) is 6.07 Å². The normalized spacial score (nSPS) is 10.6. The SMILES string of the molecule is Cn1cnc(-c2ccc(Oc3ccc(F)cc3F)cc2)c1. The molecule has 0 aliphatic heterocycles. The molecule has 106 valence electrons. The van der Waals surface area contributed by atoms with Gasteiger partial charge in [-0.15, -0.1) is 0 Å². The Balaban J connectivity index is 1.81. The number of aryl methyl sites for hydroxylation is 1. The molecule has 0 atom stereocenters. The zero-order valence-corrected chi connectivity index (χ0v) is 11.3. The van der Waals surface area contributed by atoms with Crippen molar-refractivity contribution in [1.29, 1.82) is 0 Å². The molecule has 1 aromatic heterocycles. The van der Waals surface area contributed by atoms with E-state index in [1.54, 1.807) is 18.5 Å². The summed E-state index contributed by atoms with van der Waals surface area (Å²) in [4.78, 5) is 4.24. The maximum Gasteiger partial charge on any atom is 0.168 e. The largest absolute Gasteiger partial charge is 0.454 e. The van der Waals surface area contributed by atoms with Gasteiger partial charge in [0, 0.05) is 24.9 Å². The summed E-state index contributed by atoms with van der Waals surface area (Å²) < 4.78 is 33.6. The molecule has 0 radical (unpaired) electrons. The lowest BCUT2D eigenvalue weighted by molar-refractivity contribution is 0.438. The minimum Gasteiger partial charge on any atom is -0.454 e. The number of hydrogen-bond donors (Lipinski definition) is 0. The van der Waals surface area contributed by atoms with E-state index >= 15 is 0 Å². The molecule has 0 saturated carbocycles. The number of halogens is 2. The number of hydrogen-bond acceptors (Lipinski definition) is 2. The van der Waals surface area contributed by atoms with Gasteiger partial charge in [-0.2, -0.15) is 0 Å². The summed E-state index contributed by atoms with van der Waals surface area (Å²) in [6.45, 7) is 0. The molecule has 1 heterocycles. The fourth-order valence-electron chi connectivity index (χ4n) is 1.94. The zero-order chi connectivity index (χ0) is 14.8. The van der Waals surface area contributed by atoms with E-state index in [0.717, 1.165) is 23.4 Å². The van der Waals surface area contributed by atoms with Crippen LogP contribution in [-0.4, -0.2) is 9.55 Å². The molecule has 0 unspecified atom stereocenters. The first kappa shape index (κ1) is 13.3. The average molecular weight is 286 g/mol. The second-order valence-corrected chi connectivity index (χ2v) is 4.63. The van der Waals surface area contributed by atoms with Crippen molar-refractivity contribution in [3.63, 3.8) is 0 Å². The fourth-order valence-corrected chi connectivity index (χ4v) is 1.94. The second-order valence-electron chi connectivity index (χ2n) is 4.63. The molecule has 3 rings (SSSR count). The van der Waals surface area contributed by atoms with Crippen LogP contribution in [-0.2, 0) is 7.05 Å². The molecular formula is C16H12F2N2O. The third kappa shape index (κ3) is 2.91. The minimum absolute atomic E-state index is 0.0120. The predicted octanol–water partition coefficient (Wildman–Crippen LogP) is 4.16. The predicted molar refractivity (Wildman–Crippen MR) is 75.1 cm³/mol. The van der Waals surface area contributed by atoms with E-state index in [1.807, 2.05) is 29.9 Å². The average Bonchev–Trinajstić information content (AvgIpc) is 2.89. The van der Waals surface area contributed by atoms with Crippen LogP contribution in [0.1, 0.15) is 0 Å². The maximum atomic E-state index is 13.5. The lowest BCUT2D eigenvalue weighted by Gasteiger charge is -2.07. The molecule has 21 heavy (non-hydrogen) atoms. The molecule has 0 bridgehead atoms. The molecule has 0 spiro atoms. The maximum absolute atomic E-state index is 13.5. The van der Waals surface area contributed by atoms with Crippen molar-refractivity contribution in [3.05, 3.63) is 66.6 Å². The molecule has 2 aromatic carbocycles. The van der Waals surface area contributed by atoms with Crippen LogP contribution in [0.3, 0.4) is 0 Å². The summed E-state index contributed by atoms with van der Waals surface area (Å²) >= 11 is 0. The van der Waals surface area contributed by atoms with Crippen LogP contribution >= 0.6 is 0 Å². The highest BCUT2D eigenvalue weighted by Crippen LogP contribution is 2.27. The minimum atomic E-state index is -0.733. The smallest absolute Gasteiger partial charge is 0.168 e. The van der Waals surface area contributed by atoms with E-state index < -0.39 is 11.6 Å². The van der Waals surface area contributed by atoms with Gasteiger partial charge in [0.2, 0.25) is 0 Å². The summed E-state index contributed by atoms with van der Waals surface area (Å²) in [6, 6.07) is 10.3. The van der Waals surface area contributed by atoms with Gasteiger partial charge < -0.3 is 9.30 Å². The first-order valence-electron chi connectivity index (χ1n) is 6.33. The van der Waals surface area contributed by atoms with Gasteiger partial charge in [0.1, 0.15) is 11.6 Å². The molecule has 3 nitrogen and oxygen atoms in total. The van der Waals surface area contributed by atoms with Crippen LogP contribution in [0.25, 0.3) is 11.3 Å². The highest BCUT2D eigenvalue weighted by Gasteiger charge is 2.07. The van der Waals surface area contributed by atoms with Crippen LogP contribution in [0.4, 0.5) is 8.78 Å². The highest BCUT2D eigenvalue weighted by atomic mass is 19.1.